The molecule has 0 unspecified atom stereocenters. The van der Waals surface area contributed by atoms with Crippen LogP contribution in [0.5, 0.6) is 0 Å². The minimum Gasteiger partial charge on any atom is -0.323 e. The molecule has 2 nitrogen and oxygen atoms in total. The van der Waals surface area contributed by atoms with E-state index in [4.69, 9.17) is 0 Å². The zero-order valence-corrected chi connectivity index (χ0v) is 11.5. The van der Waals surface area contributed by atoms with Gasteiger partial charge in [-0.2, -0.15) is 0 Å². The minimum absolute atomic E-state index is 0.0540. The molecule has 0 aliphatic carbocycles. The molecule has 0 saturated carbocycles. The largest absolute Gasteiger partial charge is 0.323 e. The molecule has 0 aromatic heterocycles. The van der Waals surface area contributed by atoms with Crippen molar-refractivity contribution in [3.8, 4) is 0 Å². The molecule has 2 N–H and O–H groups in total. The molecule has 1 fully saturated rings. The van der Waals surface area contributed by atoms with Crippen LogP contribution in [-0.2, 0) is 6.54 Å². The lowest BCUT2D eigenvalue weighted by Gasteiger charge is -2.33. The number of piperazine rings is 1. The van der Waals surface area contributed by atoms with E-state index in [9.17, 15) is 4.39 Å². The van der Waals surface area contributed by atoms with Crippen molar-refractivity contribution in [3.05, 3.63) is 35.6 Å². The van der Waals surface area contributed by atoms with Crippen molar-refractivity contribution in [2.24, 2.45) is 0 Å². The predicted molar refractivity (Wildman–Crippen MR) is 71.3 cm³/mol. The van der Waals surface area contributed by atoms with Gasteiger partial charge in [0.1, 0.15) is 38.5 Å². The van der Waals surface area contributed by atoms with Crippen molar-refractivity contribution < 1.29 is 14.2 Å². The third kappa shape index (κ3) is 3.30. The maximum absolute atomic E-state index is 13.6. The van der Waals surface area contributed by atoms with Crippen molar-refractivity contribution in [1.29, 1.82) is 0 Å². The van der Waals surface area contributed by atoms with E-state index in [0.29, 0.717) is 0 Å². The molecular weight excluding hydrogens is 227 g/mol. The molecule has 1 heterocycles. The standard InChI is InChI=1S/C15H23FN2/c1-3-13(2)18-10-8-17(9-11-18)12-14-6-4-5-7-15(14)16/h4-7,13H,3,8-12H2,1-2H3/p+2/t13-/m0/s1. The highest BCUT2D eigenvalue weighted by molar-refractivity contribution is 5.15. The van der Waals surface area contributed by atoms with Crippen molar-refractivity contribution in [2.45, 2.75) is 32.9 Å². The van der Waals surface area contributed by atoms with E-state index >= 15 is 0 Å². The number of rotatable bonds is 4. The molecule has 0 radical (unpaired) electrons. The molecule has 3 heteroatoms. The number of hydrogen-bond donors (Lipinski definition) is 2. The molecule has 1 aliphatic rings. The van der Waals surface area contributed by atoms with Crippen molar-refractivity contribution in [1.82, 2.24) is 0 Å². The van der Waals surface area contributed by atoms with Gasteiger partial charge in [-0.3, -0.25) is 0 Å². The Kier molecular flexibility index (Phi) is 4.72. The first-order chi connectivity index (χ1) is 8.70. The zero-order valence-electron chi connectivity index (χ0n) is 11.5. The van der Waals surface area contributed by atoms with Gasteiger partial charge in [-0.05, 0) is 19.4 Å². The summed E-state index contributed by atoms with van der Waals surface area (Å²) >= 11 is 0. The molecule has 1 aliphatic heterocycles. The van der Waals surface area contributed by atoms with Crippen LogP contribution in [0.25, 0.3) is 0 Å². The minimum atomic E-state index is -0.0540. The number of quaternary nitrogens is 2. The van der Waals surface area contributed by atoms with Gasteiger partial charge in [-0.15, -0.1) is 0 Å². The van der Waals surface area contributed by atoms with Crippen molar-refractivity contribution in [2.75, 3.05) is 26.2 Å². The highest BCUT2D eigenvalue weighted by Gasteiger charge is 2.26. The maximum atomic E-state index is 13.6. The molecule has 18 heavy (non-hydrogen) atoms. The Bertz CT molecular complexity index is 373. The maximum Gasteiger partial charge on any atom is 0.132 e. The summed E-state index contributed by atoms with van der Waals surface area (Å²) in [6, 6.07) is 7.93. The first-order valence-electron chi connectivity index (χ1n) is 7.12. The summed E-state index contributed by atoms with van der Waals surface area (Å²) < 4.78 is 13.6. The van der Waals surface area contributed by atoms with Crippen LogP contribution in [0.15, 0.2) is 24.3 Å². The topological polar surface area (TPSA) is 8.88 Å². The van der Waals surface area contributed by atoms with Gasteiger partial charge in [0.05, 0.1) is 6.04 Å². The summed E-state index contributed by atoms with van der Waals surface area (Å²) in [6.07, 6.45) is 1.25. The Morgan fingerprint density at radius 3 is 2.44 bits per heavy atom. The Morgan fingerprint density at radius 1 is 1.17 bits per heavy atom. The van der Waals surface area contributed by atoms with Crippen LogP contribution in [0.4, 0.5) is 4.39 Å². The molecular formula is C15H25FN2+2. The van der Waals surface area contributed by atoms with E-state index in [1.54, 1.807) is 17.0 Å². The average Bonchev–Trinajstić information content (AvgIpc) is 2.41. The van der Waals surface area contributed by atoms with Crippen molar-refractivity contribution >= 4 is 0 Å². The van der Waals surface area contributed by atoms with Crippen LogP contribution in [0, 0.1) is 5.82 Å². The molecule has 0 bridgehead atoms. The second-order valence-corrected chi connectivity index (χ2v) is 5.49. The summed E-state index contributed by atoms with van der Waals surface area (Å²) in [7, 11) is 0. The van der Waals surface area contributed by atoms with Gasteiger partial charge in [0.15, 0.2) is 0 Å². The molecule has 1 saturated heterocycles. The smallest absolute Gasteiger partial charge is 0.132 e. The number of benzene rings is 1. The van der Waals surface area contributed by atoms with Crippen LogP contribution in [0.1, 0.15) is 25.8 Å². The molecule has 1 aromatic rings. The third-order valence-corrected chi connectivity index (χ3v) is 4.31. The first kappa shape index (κ1) is 13.5. The lowest BCUT2D eigenvalue weighted by molar-refractivity contribution is -1.03. The number of hydrogen-bond acceptors (Lipinski definition) is 0. The Hall–Kier alpha value is -0.930. The Labute approximate surface area is 109 Å². The summed E-state index contributed by atoms with van der Waals surface area (Å²) in [6.45, 7) is 10.2. The van der Waals surface area contributed by atoms with E-state index in [1.165, 1.54) is 24.4 Å². The summed E-state index contributed by atoms with van der Waals surface area (Å²) in [4.78, 5) is 3.24. The normalized spacial score (nSPS) is 25.9. The van der Waals surface area contributed by atoms with Crippen LogP contribution in [0.3, 0.4) is 0 Å². The van der Waals surface area contributed by atoms with Gasteiger partial charge in [-0.1, -0.05) is 25.1 Å². The molecule has 0 amide bonds. The van der Waals surface area contributed by atoms with E-state index < -0.39 is 0 Å². The SMILES string of the molecule is CC[C@H](C)[NH+]1CC[NH+](Cc2ccccc2F)CC1. The monoisotopic (exact) mass is 252 g/mol. The van der Waals surface area contributed by atoms with Gasteiger partial charge < -0.3 is 9.80 Å². The fourth-order valence-corrected chi connectivity index (χ4v) is 2.79. The van der Waals surface area contributed by atoms with E-state index in [-0.39, 0.29) is 5.82 Å². The second kappa shape index (κ2) is 6.30. The Balaban J connectivity index is 1.86. The number of nitrogens with one attached hydrogen (secondary N) is 2. The lowest BCUT2D eigenvalue weighted by Crippen LogP contribution is -3.29. The highest BCUT2D eigenvalue weighted by atomic mass is 19.1. The molecule has 1 atom stereocenters. The van der Waals surface area contributed by atoms with Gasteiger partial charge in [0.2, 0.25) is 0 Å². The molecule has 2 rings (SSSR count). The highest BCUT2D eigenvalue weighted by Crippen LogP contribution is 2.03. The molecule has 100 valence electrons. The van der Waals surface area contributed by atoms with Gasteiger partial charge in [-0.25, -0.2) is 4.39 Å². The van der Waals surface area contributed by atoms with E-state index in [1.807, 2.05) is 12.1 Å². The first-order valence-corrected chi connectivity index (χ1v) is 7.12. The van der Waals surface area contributed by atoms with Crippen molar-refractivity contribution in [3.63, 3.8) is 0 Å². The van der Waals surface area contributed by atoms with Gasteiger partial charge in [0.25, 0.3) is 0 Å². The molecule has 1 aromatic carbocycles. The van der Waals surface area contributed by atoms with Gasteiger partial charge in [0, 0.05) is 5.56 Å². The zero-order chi connectivity index (χ0) is 13.0. The van der Waals surface area contributed by atoms with Gasteiger partial charge >= 0.3 is 0 Å². The summed E-state index contributed by atoms with van der Waals surface area (Å²) in [5.74, 6) is -0.0540. The summed E-state index contributed by atoms with van der Waals surface area (Å²) in [5.41, 5.74) is 0.861. The van der Waals surface area contributed by atoms with Crippen LogP contribution >= 0.6 is 0 Å². The molecule has 0 spiro atoms. The quantitative estimate of drug-likeness (QED) is 0.741. The summed E-state index contributed by atoms with van der Waals surface area (Å²) in [5, 5.41) is 0. The van der Waals surface area contributed by atoms with Crippen LogP contribution < -0.4 is 9.80 Å². The lowest BCUT2D eigenvalue weighted by atomic mass is 10.1. The predicted octanol–water partition coefficient (Wildman–Crippen LogP) is -0.0924. The average molecular weight is 252 g/mol. The van der Waals surface area contributed by atoms with E-state index in [2.05, 4.69) is 13.8 Å². The number of halogens is 1. The van der Waals surface area contributed by atoms with E-state index in [0.717, 1.165) is 31.2 Å². The Morgan fingerprint density at radius 2 is 1.83 bits per heavy atom. The van der Waals surface area contributed by atoms with Crippen LogP contribution in [0.2, 0.25) is 0 Å². The van der Waals surface area contributed by atoms with Crippen LogP contribution in [-0.4, -0.2) is 32.2 Å². The fourth-order valence-electron chi connectivity index (χ4n) is 2.79. The third-order valence-electron chi connectivity index (χ3n) is 4.31. The fraction of sp³-hybridized carbons (Fsp3) is 0.600. The second-order valence-electron chi connectivity index (χ2n) is 5.49.